The molecule has 120 valence electrons. The van der Waals surface area contributed by atoms with Gasteiger partial charge in [-0.2, -0.15) is 0 Å². The molecule has 3 rings (SSSR count). The zero-order valence-corrected chi connectivity index (χ0v) is 13.0. The number of piperidine rings is 1. The summed E-state index contributed by atoms with van der Waals surface area (Å²) in [6, 6.07) is 16.8. The molecule has 0 spiro atoms. The summed E-state index contributed by atoms with van der Waals surface area (Å²) in [5.41, 5.74) is 1.51. The van der Waals surface area contributed by atoms with Crippen molar-refractivity contribution in [3.8, 4) is 5.75 Å². The average Bonchev–Trinajstić information content (AvgIpc) is 2.62. The maximum absolute atomic E-state index is 12.0. The van der Waals surface area contributed by atoms with Crippen LogP contribution in [0.3, 0.4) is 0 Å². The molecule has 1 saturated heterocycles. The van der Waals surface area contributed by atoms with Gasteiger partial charge in [0.2, 0.25) is 0 Å². The molecule has 23 heavy (non-hydrogen) atoms. The van der Waals surface area contributed by atoms with Crippen LogP contribution in [-0.4, -0.2) is 25.2 Å². The van der Waals surface area contributed by atoms with Crippen LogP contribution in [0.5, 0.6) is 5.75 Å². The second-order valence-corrected chi connectivity index (χ2v) is 5.67. The summed E-state index contributed by atoms with van der Waals surface area (Å²) in [6.45, 7) is 2.22. The molecule has 4 heteroatoms. The lowest BCUT2D eigenvalue weighted by Gasteiger charge is -2.23. The van der Waals surface area contributed by atoms with E-state index in [1.807, 2.05) is 42.5 Å². The normalized spacial score (nSPS) is 17.5. The summed E-state index contributed by atoms with van der Waals surface area (Å²) in [5, 5.41) is 3.32. The van der Waals surface area contributed by atoms with Crippen LogP contribution in [0.4, 0.5) is 0 Å². The Morgan fingerprint density at radius 1 is 1.09 bits per heavy atom. The van der Waals surface area contributed by atoms with Gasteiger partial charge in [0.05, 0.1) is 5.56 Å². The van der Waals surface area contributed by atoms with E-state index >= 15 is 0 Å². The molecule has 4 nitrogen and oxygen atoms in total. The third-order valence-corrected chi connectivity index (χ3v) is 3.86. The zero-order chi connectivity index (χ0) is 15.9. The van der Waals surface area contributed by atoms with Gasteiger partial charge < -0.3 is 14.8 Å². The van der Waals surface area contributed by atoms with Gasteiger partial charge in [0.1, 0.15) is 18.5 Å². The predicted octanol–water partition coefficient (Wildman–Crippen LogP) is 3.17. The fourth-order valence-electron chi connectivity index (χ4n) is 2.59. The first kappa shape index (κ1) is 15.6. The molecule has 0 bridgehead atoms. The molecule has 1 N–H and O–H groups in total. The van der Waals surface area contributed by atoms with Gasteiger partial charge in [-0.05, 0) is 49.2 Å². The highest BCUT2D eigenvalue weighted by atomic mass is 16.5. The fourth-order valence-corrected chi connectivity index (χ4v) is 2.59. The van der Waals surface area contributed by atoms with Gasteiger partial charge in [-0.1, -0.05) is 30.3 Å². The van der Waals surface area contributed by atoms with Crippen molar-refractivity contribution in [1.82, 2.24) is 5.32 Å². The van der Waals surface area contributed by atoms with Crippen molar-refractivity contribution in [2.75, 3.05) is 13.1 Å². The van der Waals surface area contributed by atoms with E-state index in [1.54, 1.807) is 12.1 Å². The van der Waals surface area contributed by atoms with E-state index in [2.05, 4.69) is 5.32 Å². The molecule has 1 atom stereocenters. The Hall–Kier alpha value is -2.33. The summed E-state index contributed by atoms with van der Waals surface area (Å²) in [4.78, 5) is 12.0. The average molecular weight is 311 g/mol. The standard InChI is InChI=1S/C19H21NO3/c21-19(22-14-15-5-2-1-3-6-15)16-8-10-17(11-9-16)23-18-7-4-12-20-13-18/h1-3,5-6,8-11,18,20H,4,7,12-14H2. The van der Waals surface area contributed by atoms with Gasteiger partial charge in [0.15, 0.2) is 0 Å². The summed E-state index contributed by atoms with van der Waals surface area (Å²) >= 11 is 0. The molecular formula is C19H21NO3. The zero-order valence-electron chi connectivity index (χ0n) is 13.0. The Morgan fingerprint density at radius 2 is 1.87 bits per heavy atom. The van der Waals surface area contributed by atoms with E-state index in [9.17, 15) is 4.79 Å². The third kappa shape index (κ3) is 4.57. The smallest absolute Gasteiger partial charge is 0.338 e. The molecule has 0 saturated carbocycles. The highest BCUT2D eigenvalue weighted by Gasteiger charge is 2.14. The number of carbonyl (C=O) groups is 1. The Morgan fingerprint density at radius 3 is 2.57 bits per heavy atom. The highest BCUT2D eigenvalue weighted by molar-refractivity contribution is 5.89. The van der Waals surface area contributed by atoms with Gasteiger partial charge in [-0.25, -0.2) is 4.79 Å². The van der Waals surface area contributed by atoms with Crippen molar-refractivity contribution in [2.45, 2.75) is 25.6 Å². The van der Waals surface area contributed by atoms with Gasteiger partial charge in [0, 0.05) is 6.54 Å². The summed E-state index contributed by atoms with van der Waals surface area (Å²) in [6.07, 6.45) is 2.40. The molecule has 0 amide bonds. The minimum Gasteiger partial charge on any atom is -0.489 e. The molecule has 0 radical (unpaired) electrons. The van der Waals surface area contributed by atoms with E-state index in [-0.39, 0.29) is 18.7 Å². The lowest BCUT2D eigenvalue weighted by molar-refractivity contribution is 0.0472. The molecular weight excluding hydrogens is 290 g/mol. The summed E-state index contributed by atoms with van der Waals surface area (Å²) in [5.74, 6) is 0.470. The topological polar surface area (TPSA) is 47.6 Å². The van der Waals surface area contributed by atoms with Crippen molar-refractivity contribution in [3.05, 3.63) is 65.7 Å². The van der Waals surface area contributed by atoms with Crippen molar-refractivity contribution < 1.29 is 14.3 Å². The van der Waals surface area contributed by atoms with Crippen molar-refractivity contribution in [2.24, 2.45) is 0 Å². The first-order valence-corrected chi connectivity index (χ1v) is 8.00. The van der Waals surface area contributed by atoms with Gasteiger partial charge >= 0.3 is 5.97 Å². The Balaban J connectivity index is 1.52. The van der Waals surface area contributed by atoms with Gasteiger partial charge in [0.25, 0.3) is 0 Å². The van der Waals surface area contributed by atoms with Gasteiger partial charge in [-0.15, -0.1) is 0 Å². The molecule has 1 aliphatic heterocycles. The maximum Gasteiger partial charge on any atom is 0.338 e. The molecule has 2 aromatic carbocycles. The minimum atomic E-state index is -0.320. The number of hydrogen-bond acceptors (Lipinski definition) is 4. The van der Waals surface area contributed by atoms with Crippen LogP contribution in [-0.2, 0) is 11.3 Å². The van der Waals surface area contributed by atoms with Crippen molar-refractivity contribution >= 4 is 5.97 Å². The minimum absolute atomic E-state index is 0.208. The molecule has 2 aromatic rings. The second kappa shape index (κ2) is 7.79. The Bertz CT molecular complexity index is 619. The second-order valence-electron chi connectivity index (χ2n) is 5.67. The van der Waals surface area contributed by atoms with Crippen LogP contribution in [0, 0.1) is 0 Å². The third-order valence-electron chi connectivity index (χ3n) is 3.86. The number of ether oxygens (including phenoxy) is 2. The molecule has 1 fully saturated rings. The van der Waals surface area contributed by atoms with Crippen LogP contribution in [0.25, 0.3) is 0 Å². The van der Waals surface area contributed by atoms with Crippen LogP contribution < -0.4 is 10.1 Å². The van der Waals surface area contributed by atoms with E-state index in [4.69, 9.17) is 9.47 Å². The first-order valence-electron chi connectivity index (χ1n) is 8.00. The van der Waals surface area contributed by atoms with E-state index < -0.39 is 0 Å². The first-order chi connectivity index (χ1) is 11.3. The molecule has 1 aliphatic rings. The number of nitrogens with one attached hydrogen (secondary N) is 1. The Kier molecular flexibility index (Phi) is 5.27. The number of esters is 1. The number of hydrogen-bond donors (Lipinski definition) is 1. The number of benzene rings is 2. The number of rotatable bonds is 5. The SMILES string of the molecule is O=C(OCc1ccccc1)c1ccc(OC2CCCNC2)cc1. The van der Waals surface area contributed by atoms with Crippen molar-refractivity contribution in [1.29, 1.82) is 0 Å². The summed E-state index contributed by atoms with van der Waals surface area (Å²) in [7, 11) is 0. The van der Waals surface area contributed by atoms with Crippen LogP contribution >= 0.6 is 0 Å². The van der Waals surface area contributed by atoms with Crippen LogP contribution in [0.15, 0.2) is 54.6 Å². The molecule has 0 aromatic heterocycles. The molecule has 1 heterocycles. The maximum atomic E-state index is 12.0. The van der Waals surface area contributed by atoms with Crippen molar-refractivity contribution in [3.63, 3.8) is 0 Å². The quantitative estimate of drug-likeness (QED) is 0.862. The van der Waals surface area contributed by atoms with Crippen LogP contribution in [0.1, 0.15) is 28.8 Å². The van der Waals surface area contributed by atoms with E-state index in [1.165, 1.54) is 0 Å². The monoisotopic (exact) mass is 311 g/mol. The van der Waals surface area contributed by atoms with Crippen LogP contribution in [0.2, 0.25) is 0 Å². The molecule has 0 aliphatic carbocycles. The Labute approximate surface area is 136 Å². The lowest BCUT2D eigenvalue weighted by Crippen LogP contribution is -2.37. The highest BCUT2D eigenvalue weighted by Crippen LogP contribution is 2.17. The predicted molar refractivity (Wildman–Crippen MR) is 88.5 cm³/mol. The fraction of sp³-hybridized carbons (Fsp3) is 0.316. The van der Waals surface area contributed by atoms with E-state index in [0.29, 0.717) is 5.56 Å². The van der Waals surface area contributed by atoms with Gasteiger partial charge in [-0.3, -0.25) is 0 Å². The number of carbonyl (C=O) groups excluding carboxylic acids is 1. The lowest BCUT2D eigenvalue weighted by atomic mass is 10.1. The van der Waals surface area contributed by atoms with E-state index in [0.717, 1.165) is 37.2 Å². The molecule has 1 unspecified atom stereocenters. The largest absolute Gasteiger partial charge is 0.489 e. The summed E-state index contributed by atoms with van der Waals surface area (Å²) < 4.78 is 11.2.